The Kier molecular flexibility index (Phi) is 3.12. The number of rotatable bonds is 2. The van der Waals surface area contributed by atoms with Gasteiger partial charge in [-0.3, -0.25) is 0 Å². The standard InChI is InChI=1S/C12H16N2OS/c1-8-2-3-10(12(13)16)11(6-8)14-5-4-9(15)7-14/h2-3,6,9,15H,4-5,7H2,1H3,(H2,13,16). The quantitative estimate of drug-likeness (QED) is 0.758. The molecule has 0 saturated carbocycles. The van der Waals surface area contributed by atoms with E-state index < -0.39 is 0 Å². The summed E-state index contributed by atoms with van der Waals surface area (Å²) in [6, 6.07) is 6.04. The second-order valence-electron chi connectivity index (χ2n) is 4.27. The third-order valence-electron chi connectivity index (χ3n) is 2.92. The molecule has 3 N–H and O–H groups in total. The molecule has 0 bridgehead atoms. The van der Waals surface area contributed by atoms with E-state index >= 15 is 0 Å². The van der Waals surface area contributed by atoms with E-state index in [1.165, 1.54) is 5.56 Å². The van der Waals surface area contributed by atoms with Crippen LogP contribution in [-0.2, 0) is 0 Å². The molecular weight excluding hydrogens is 220 g/mol. The SMILES string of the molecule is Cc1ccc(C(N)=S)c(N2CCC(O)C2)c1. The monoisotopic (exact) mass is 236 g/mol. The fraction of sp³-hybridized carbons (Fsp3) is 0.417. The van der Waals surface area contributed by atoms with Gasteiger partial charge in [-0.05, 0) is 31.0 Å². The fourth-order valence-electron chi connectivity index (χ4n) is 2.07. The molecule has 0 spiro atoms. The zero-order valence-electron chi connectivity index (χ0n) is 9.31. The summed E-state index contributed by atoms with van der Waals surface area (Å²) >= 11 is 5.05. The molecule has 1 aliphatic heterocycles. The van der Waals surface area contributed by atoms with Crippen molar-refractivity contribution in [1.29, 1.82) is 0 Å². The topological polar surface area (TPSA) is 49.5 Å². The number of nitrogens with two attached hydrogens (primary N) is 1. The predicted octanol–water partition coefficient (Wildman–Crippen LogP) is 1.20. The van der Waals surface area contributed by atoms with Crippen LogP contribution in [0.3, 0.4) is 0 Å². The van der Waals surface area contributed by atoms with E-state index in [2.05, 4.69) is 11.0 Å². The van der Waals surface area contributed by atoms with E-state index in [9.17, 15) is 5.11 Å². The molecule has 0 radical (unpaired) electrons. The van der Waals surface area contributed by atoms with E-state index in [-0.39, 0.29) is 6.10 Å². The summed E-state index contributed by atoms with van der Waals surface area (Å²) < 4.78 is 0. The van der Waals surface area contributed by atoms with Crippen LogP contribution in [0.4, 0.5) is 5.69 Å². The first-order chi connectivity index (χ1) is 7.58. The van der Waals surface area contributed by atoms with Gasteiger partial charge in [-0.25, -0.2) is 0 Å². The molecule has 1 fully saturated rings. The van der Waals surface area contributed by atoms with E-state index in [4.69, 9.17) is 18.0 Å². The Hall–Kier alpha value is -1.13. The average Bonchev–Trinajstić information content (AvgIpc) is 2.64. The van der Waals surface area contributed by atoms with Crippen molar-refractivity contribution in [1.82, 2.24) is 0 Å². The van der Waals surface area contributed by atoms with E-state index in [1.54, 1.807) is 0 Å². The number of aliphatic hydroxyl groups is 1. The lowest BCUT2D eigenvalue weighted by Gasteiger charge is -2.21. The van der Waals surface area contributed by atoms with Crippen LogP contribution >= 0.6 is 12.2 Å². The first kappa shape index (κ1) is 11.4. The lowest BCUT2D eigenvalue weighted by atomic mass is 10.1. The first-order valence-corrected chi connectivity index (χ1v) is 5.82. The van der Waals surface area contributed by atoms with Crippen LogP contribution in [0.5, 0.6) is 0 Å². The van der Waals surface area contributed by atoms with E-state index in [1.807, 2.05) is 19.1 Å². The average molecular weight is 236 g/mol. The Morgan fingerprint density at radius 1 is 1.56 bits per heavy atom. The number of β-amino-alcohol motifs (C(OH)–C–C–N with tert-alkyl or cyclic N) is 1. The van der Waals surface area contributed by atoms with Crippen molar-refractivity contribution in [3.05, 3.63) is 29.3 Å². The van der Waals surface area contributed by atoms with Crippen molar-refractivity contribution in [3.63, 3.8) is 0 Å². The second-order valence-corrected chi connectivity index (χ2v) is 4.71. The van der Waals surface area contributed by atoms with Gasteiger partial charge in [0.25, 0.3) is 0 Å². The van der Waals surface area contributed by atoms with Crippen molar-refractivity contribution in [2.75, 3.05) is 18.0 Å². The Morgan fingerprint density at radius 3 is 2.88 bits per heavy atom. The van der Waals surface area contributed by atoms with Gasteiger partial charge in [-0.15, -0.1) is 0 Å². The summed E-state index contributed by atoms with van der Waals surface area (Å²) in [5.74, 6) is 0. The van der Waals surface area contributed by atoms with E-state index in [0.717, 1.165) is 24.2 Å². The molecule has 1 aromatic carbocycles. The van der Waals surface area contributed by atoms with Crippen LogP contribution in [0.2, 0.25) is 0 Å². The molecule has 1 aromatic rings. The maximum atomic E-state index is 9.55. The summed E-state index contributed by atoms with van der Waals surface area (Å²) in [5.41, 5.74) is 8.83. The minimum atomic E-state index is -0.236. The molecule has 86 valence electrons. The second kappa shape index (κ2) is 4.39. The molecule has 0 amide bonds. The first-order valence-electron chi connectivity index (χ1n) is 5.41. The molecule has 0 aliphatic carbocycles. The number of hydrogen-bond acceptors (Lipinski definition) is 3. The van der Waals surface area contributed by atoms with Crippen molar-refractivity contribution >= 4 is 22.9 Å². The Balaban J connectivity index is 2.37. The maximum Gasteiger partial charge on any atom is 0.106 e. The summed E-state index contributed by atoms with van der Waals surface area (Å²) in [5, 5.41) is 9.55. The third-order valence-corrected chi connectivity index (χ3v) is 3.14. The minimum Gasteiger partial charge on any atom is -0.391 e. The summed E-state index contributed by atoms with van der Waals surface area (Å²) in [7, 11) is 0. The van der Waals surface area contributed by atoms with Crippen LogP contribution < -0.4 is 10.6 Å². The highest BCUT2D eigenvalue weighted by Gasteiger charge is 2.22. The van der Waals surface area contributed by atoms with Crippen LogP contribution in [-0.4, -0.2) is 29.3 Å². The Labute approximate surface area is 101 Å². The van der Waals surface area contributed by atoms with Crippen molar-refractivity contribution < 1.29 is 5.11 Å². The van der Waals surface area contributed by atoms with Gasteiger partial charge >= 0.3 is 0 Å². The van der Waals surface area contributed by atoms with Crippen molar-refractivity contribution in [2.24, 2.45) is 5.73 Å². The molecule has 1 unspecified atom stereocenters. The minimum absolute atomic E-state index is 0.236. The normalized spacial score (nSPS) is 20.1. The van der Waals surface area contributed by atoms with Gasteiger partial charge in [0.05, 0.1) is 6.10 Å². The molecule has 2 rings (SSSR count). The maximum absolute atomic E-state index is 9.55. The predicted molar refractivity (Wildman–Crippen MR) is 69.9 cm³/mol. The highest BCUT2D eigenvalue weighted by molar-refractivity contribution is 7.80. The van der Waals surface area contributed by atoms with Crippen LogP contribution in [0.25, 0.3) is 0 Å². The summed E-state index contributed by atoms with van der Waals surface area (Å²) in [6.45, 7) is 3.57. The number of anilines is 1. The molecule has 0 aromatic heterocycles. The molecule has 4 heteroatoms. The van der Waals surface area contributed by atoms with Crippen LogP contribution in [0.1, 0.15) is 17.5 Å². The molecule has 1 saturated heterocycles. The van der Waals surface area contributed by atoms with Gasteiger partial charge in [-0.2, -0.15) is 0 Å². The number of hydrogen-bond donors (Lipinski definition) is 2. The number of aliphatic hydroxyl groups excluding tert-OH is 1. The smallest absolute Gasteiger partial charge is 0.106 e. The third kappa shape index (κ3) is 2.18. The number of benzene rings is 1. The number of aryl methyl sites for hydroxylation is 1. The lowest BCUT2D eigenvalue weighted by molar-refractivity contribution is 0.198. The highest BCUT2D eigenvalue weighted by atomic mass is 32.1. The Morgan fingerprint density at radius 2 is 2.31 bits per heavy atom. The lowest BCUT2D eigenvalue weighted by Crippen LogP contribution is -2.24. The Bertz CT molecular complexity index is 419. The molecule has 16 heavy (non-hydrogen) atoms. The highest BCUT2D eigenvalue weighted by Crippen LogP contribution is 2.26. The molecule has 1 aliphatic rings. The number of thiocarbonyl (C=S) groups is 1. The van der Waals surface area contributed by atoms with Crippen LogP contribution in [0.15, 0.2) is 18.2 Å². The van der Waals surface area contributed by atoms with Gasteiger partial charge in [0.2, 0.25) is 0 Å². The van der Waals surface area contributed by atoms with Crippen molar-refractivity contribution in [2.45, 2.75) is 19.4 Å². The fourth-order valence-corrected chi connectivity index (χ4v) is 2.24. The molecule has 3 nitrogen and oxygen atoms in total. The molecular formula is C12H16N2OS. The van der Waals surface area contributed by atoms with Gasteiger partial charge in [0.15, 0.2) is 0 Å². The van der Waals surface area contributed by atoms with Gasteiger partial charge in [0, 0.05) is 24.3 Å². The van der Waals surface area contributed by atoms with Crippen molar-refractivity contribution in [3.8, 4) is 0 Å². The zero-order valence-corrected chi connectivity index (χ0v) is 10.1. The number of nitrogens with zero attached hydrogens (tertiary/aromatic N) is 1. The van der Waals surface area contributed by atoms with Gasteiger partial charge in [-0.1, -0.05) is 18.3 Å². The molecule has 1 heterocycles. The van der Waals surface area contributed by atoms with Gasteiger partial charge in [0.1, 0.15) is 4.99 Å². The van der Waals surface area contributed by atoms with E-state index in [0.29, 0.717) is 11.5 Å². The largest absolute Gasteiger partial charge is 0.391 e. The van der Waals surface area contributed by atoms with Crippen LogP contribution in [0, 0.1) is 6.92 Å². The molecule has 1 atom stereocenters. The zero-order chi connectivity index (χ0) is 11.7. The van der Waals surface area contributed by atoms with Gasteiger partial charge < -0.3 is 15.7 Å². The summed E-state index contributed by atoms with van der Waals surface area (Å²) in [4.78, 5) is 2.56. The summed E-state index contributed by atoms with van der Waals surface area (Å²) in [6.07, 6.45) is 0.574.